The van der Waals surface area contributed by atoms with Gasteiger partial charge in [0, 0.05) is 28.6 Å². The molecule has 0 saturated heterocycles. The Kier molecular flexibility index (Phi) is 5.44. The lowest BCUT2D eigenvalue weighted by Gasteiger charge is -2.20. The summed E-state index contributed by atoms with van der Waals surface area (Å²) in [7, 11) is 0. The van der Waals surface area contributed by atoms with E-state index in [0.717, 1.165) is 16.7 Å². The molecule has 172 valence electrons. The summed E-state index contributed by atoms with van der Waals surface area (Å²) in [5.41, 5.74) is 6.49. The molecule has 1 fully saturated rings. The number of para-hydroxylation sites is 1. The van der Waals surface area contributed by atoms with Crippen LogP contribution in [0.3, 0.4) is 0 Å². The van der Waals surface area contributed by atoms with Crippen molar-refractivity contribution in [2.45, 2.75) is 45.6 Å². The van der Waals surface area contributed by atoms with E-state index in [1.54, 1.807) is 28.7 Å². The Morgan fingerprint density at radius 1 is 1.12 bits per heavy atom. The summed E-state index contributed by atoms with van der Waals surface area (Å²) in [5.74, 6) is -0.384. The molecule has 2 aromatic heterocycles. The molecule has 0 bridgehead atoms. The van der Waals surface area contributed by atoms with Crippen molar-refractivity contribution in [2.75, 3.05) is 5.32 Å². The molecule has 34 heavy (non-hydrogen) atoms. The van der Waals surface area contributed by atoms with E-state index in [0.29, 0.717) is 28.5 Å². The van der Waals surface area contributed by atoms with Gasteiger partial charge in [-0.3, -0.25) is 9.20 Å². The lowest BCUT2D eigenvalue weighted by molar-refractivity contribution is 0.0698. The smallest absolute Gasteiger partial charge is 0.337 e. The van der Waals surface area contributed by atoms with Crippen molar-refractivity contribution in [1.29, 1.82) is 0 Å². The Balaban J connectivity index is 1.65. The largest absolute Gasteiger partial charge is 0.478 e. The fourth-order valence-electron chi connectivity index (χ4n) is 4.56. The SMILES string of the molecule is Cc1cc(C(C)Nc2ccccc2C(=O)O)c2nc(-c3cccc(C4CC4)c3)c(C)c(=O)n2c1. The van der Waals surface area contributed by atoms with Crippen molar-refractivity contribution in [3.05, 3.63) is 99.0 Å². The zero-order valence-corrected chi connectivity index (χ0v) is 19.5. The van der Waals surface area contributed by atoms with Crippen LogP contribution >= 0.6 is 0 Å². The minimum atomic E-state index is -0.993. The highest BCUT2D eigenvalue weighted by molar-refractivity contribution is 5.94. The molecule has 0 spiro atoms. The summed E-state index contributed by atoms with van der Waals surface area (Å²) in [6.45, 7) is 5.72. The van der Waals surface area contributed by atoms with Gasteiger partial charge < -0.3 is 10.4 Å². The molecular formula is C28H27N3O3. The number of nitrogens with one attached hydrogen (secondary N) is 1. The second kappa shape index (κ2) is 8.45. The summed E-state index contributed by atoms with van der Waals surface area (Å²) in [5, 5.41) is 12.9. The van der Waals surface area contributed by atoms with E-state index in [1.807, 2.05) is 45.2 Å². The molecule has 5 rings (SSSR count). The highest BCUT2D eigenvalue weighted by Crippen LogP contribution is 2.41. The monoisotopic (exact) mass is 453 g/mol. The fourth-order valence-corrected chi connectivity index (χ4v) is 4.56. The van der Waals surface area contributed by atoms with Crippen molar-refractivity contribution in [1.82, 2.24) is 9.38 Å². The first kappa shape index (κ1) is 21.9. The van der Waals surface area contributed by atoms with E-state index in [9.17, 15) is 14.7 Å². The molecule has 0 amide bonds. The van der Waals surface area contributed by atoms with Gasteiger partial charge in [0.15, 0.2) is 0 Å². The summed E-state index contributed by atoms with van der Waals surface area (Å²) in [4.78, 5) is 30.1. The van der Waals surface area contributed by atoms with E-state index >= 15 is 0 Å². The maximum atomic E-state index is 13.4. The Morgan fingerprint density at radius 2 is 1.88 bits per heavy atom. The number of pyridine rings is 1. The van der Waals surface area contributed by atoms with E-state index in [4.69, 9.17) is 4.98 Å². The number of carboxylic acids is 1. The standard InChI is InChI=1S/C28H27N3O3/c1-16-13-23(18(3)29-24-10-5-4-9-22(24)28(33)34)26-30-25(17(2)27(32)31(26)15-16)21-8-6-7-20(14-21)19-11-12-19/h4-10,13-15,18-19,29H,11-12H2,1-3H3,(H,33,34). The van der Waals surface area contributed by atoms with Crippen LogP contribution in [0.25, 0.3) is 16.9 Å². The van der Waals surface area contributed by atoms with Crippen LogP contribution in [0.2, 0.25) is 0 Å². The Hall–Kier alpha value is -3.93. The van der Waals surface area contributed by atoms with Gasteiger partial charge in [0.2, 0.25) is 0 Å². The normalized spacial score (nSPS) is 14.2. The van der Waals surface area contributed by atoms with Crippen LogP contribution in [0.1, 0.15) is 64.3 Å². The van der Waals surface area contributed by atoms with Gasteiger partial charge in [-0.15, -0.1) is 0 Å². The second-order valence-electron chi connectivity index (χ2n) is 9.17. The van der Waals surface area contributed by atoms with Gasteiger partial charge in [-0.1, -0.05) is 30.3 Å². The Morgan fingerprint density at radius 3 is 2.62 bits per heavy atom. The lowest BCUT2D eigenvalue weighted by atomic mass is 10.0. The van der Waals surface area contributed by atoms with Gasteiger partial charge in [-0.05, 0) is 74.9 Å². The van der Waals surface area contributed by atoms with Crippen LogP contribution in [0.5, 0.6) is 0 Å². The highest BCUT2D eigenvalue weighted by Gasteiger charge is 2.24. The fraction of sp³-hybridized carbons (Fsp3) is 0.250. The number of rotatable bonds is 6. The topological polar surface area (TPSA) is 83.7 Å². The number of aromatic nitrogens is 2. The first-order valence-corrected chi connectivity index (χ1v) is 11.6. The molecule has 6 heteroatoms. The Bertz CT molecular complexity index is 1480. The molecule has 1 aliphatic carbocycles. The molecule has 4 aromatic rings. The number of carbonyl (C=O) groups is 1. The number of hydrogen-bond acceptors (Lipinski definition) is 4. The Labute approximate surface area is 197 Å². The van der Waals surface area contributed by atoms with Crippen LogP contribution in [-0.2, 0) is 0 Å². The minimum absolute atomic E-state index is 0.0973. The van der Waals surface area contributed by atoms with E-state index in [1.165, 1.54) is 18.4 Å². The third kappa shape index (κ3) is 3.96. The van der Waals surface area contributed by atoms with Crippen LogP contribution in [-0.4, -0.2) is 20.5 Å². The van der Waals surface area contributed by atoms with Gasteiger partial charge in [0.05, 0.1) is 17.3 Å². The number of nitrogens with zero attached hydrogens (tertiary/aromatic N) is 2. The average Bonchev–Trinajstić information content (AvgIpc) is 3.67. The van der Waals surface area contributed by atoms with Crippen LogP contribution in [0.15, 0.2) is 65.6 Å². The molecule has 1 aliphatic rings. The third-order valence-corrected chi connectivity index (χ3v) is 6.52. The van der Waals surface area contributed by atoms with Crippen molar-refractivity contribution in [3.8, 4) is 11.3 Å². The molecule has 0 aliphatic heterocycles. The maximum absolute atomic E-state index is 13.4. The summed E-state index contributed by atoms with van der Waals surface area (Å²) >= 11 is 0. The third-order valence-electron chi connectivity index (χ3n) is 6.52. The van der Waals surface area contributed by atoms with Gasteiger partial charge in [-0.25, -0.2) is 9.78 Å². The maximum Gasteiger partial charge on any atom is 0.337 e. The average molecular weight is 454 g/mol. The summed E-state index contributed by atoms with van der Waals surface area (Å²) in [6, 6.07) is 16.9. The summed E-state index contributed by atoms with van der Waals surface area (Å²) in [6.07, 6.45) is 4.23. The van der Waals surface area contributed by atoms with Gasteiger partial charge in [0.25, 0.3) is 5.56 Å². The van der Waals surface area contributed by atoms with Crippen LogP contribution in [0, 0.1) is 13.8 Å². The predicted molar refractivity (Wildman–Crippen MR) is 134 cm³/mol. The van der Waals surface area contributed by atoms with Crippen molar-refractivity contribution < 1.29 is 9.90 Å². The minimum Gasteiger partial charge on any atom is -0.478 e. The van der Waals surface area contributed by atoms with Crippen molar-refractivity contribution in [2.24, 2.45) is 0 Å². The van der Waals surface area contributed by atoms with Gasteiger partial charge in [-0.2, -0.15) is 0 Å². The van der Waals surface area contributed by atoms with Crippen LogP contribution in [0.4, 0.5) is 5.69 Å². The number of aromatic carboxylic acids is 1. The second-order valence-corrected chi connectivity index (χ2v) is 9.17. The molecule has 2 heterocycles. The molecule has 1 atom stereocenters. The van der Waals surface area contributed by atoms with Crippen molar-refractivity contribution >= 4 is 17.3 Å². The number of aryl methyl sites for hydroxylation is 1. The quantitative estimate of drug-likeness (QED) is 0.390. The molecule has 1 unspecified atom stereocenters. The van der Waals surface area contributed by atoms with E-state index in [2.05, 4.69) is 17.4 Å². The number of anilines is 1. The lowest BCUT2D eigenvalue weighted by Crippen LogP contribution is -2.22. The summed E-state index contributed by atoms with van der Waals surface area (Å²) < 4.78 is 1.61. The van der Waals surface area contributed by atoms with Gasteiger partial charge >= 0.3 is 5.97 Å². The first-order valence-electron chi connectivity index (χ1n) is 11.6. The van der Waals surface area contributed by atoms with E-state index < -0.39 is 5.97 Å². The molecule has 2 N–H and O–H groups in total. The highest BCUT2D eigenvalue weighted by atomic mass is 16.4. The number of benzene rings is 2. The zero-order valence-electron chi connectivity index (χ0n) is 19.5. The molecule has 1 saturated carbocycles. The molecule has 0 radical (unpaired) electrons. The molecular weight excluding hydrogens is 426 g/mol. The van der Waals surface area contributed by atoms with Crippen molar-refractivity contribution in [3.63, 3.8) is 0 Å². The van der Waals surface area contributed by atoms with E-state index in [-0.39, 0.29) is 17.2 Å². The van der Waals surface area contributed by atoms with Crippen LogP contribution < -0.4 is 10.9 Å². The van der Waals surface area contributed by atoms with Gasteiger partial charge in [0.1, 0.15) is 5.65 Å². The zero-order chi connectivity index (χ0) is 24.0. The number of hydrogen-bond donors (Lipinski definition) is 2. The molecule has 6 nitrogen and oxygen atoms in total. The number of carboxylic acid groups (broad SMARTS) is 1. The first-order chi connectivity index (χ1) is 16.3. The molecule has 2 aromatic carbocycles. The predicted octanol–water partition coefficient (Wildman–Crippen LogP) is 5.73. The number of fused-ring (bicyclic) bond motifs is 1.